The molecule has 9 nitrogen and oxygen atoms in total. The minimum Gasteiger partial charge on any atom is -0.444 e. The molecule has 1 fully saturated rings. The zero-order valence-corrected chi connectivity index (χ0v) is 19.8. The molecule has 1 aromatic heterocycles. The number of hydrogen-bond acceptors (Lipinski definition) is 6. The SMILES string of the molecule is CC(C)(C)OC(=O)N1C[C@H](F)C[C@H]1C(=O)N(Cc1cccc(-c2cnc(C(F)(F)F)nc2)c1)C(N)=O. The first-order chi connectivity index (χ1) is 16.7. The highest BCUT2D eigenvalue weighted by molar-refractivity contribution is 5.98. The van der Waals surface area contributed by atoms with E-state index in [1.54, 1.807) is 39.0 Å². The van der Waals surface area contributed by atoms with Crippen molar-refractivity contribution < 1.29 is 36.7 Å². The van der Waals surface area contributed by atoms with Crippen LogP contribution in [0.2, 0.25) is 0 Å². The number of likely N-dealkylation sites (tertiary alicyclic amines) is 1. The third kappa shape index (κ3) is 6.46. The average Bonchev–Trinajstić information content (AvgIpc) is 3.17. The molecular weight excluding hydrogens is 486 g/mol. The molecule has 1 aromatic carbocycles. The molecule has 0 aliphatic carbocycles. The largest absolute Gasteiger partial charge is 0.451 e. The summed E-state index contributed by atoms with van der Waals surface area (Å²) >= 11 is 0. The number of nitrogens with two attached hydrogens (primary N) is 1. The van der Waals surface area contributed by atoms with Crippen molar-refractivity contribution in [1.29, 1.82) is 0 Å². The van der Waals surface area contributed by atoms with Crippen molar-refractivity contribution >= 4 is 18.0 Å². The molecule has 13 heteroatoms. The highest BCUT2D eigenvalue weighted by atomic mass is 19.4. The zero-order chi connectivity index (χ0) is 26.8. The second kappa shape index (κ2) is 10.1. The van der Waals surface area contributed by atoms with E-state index in [-0.39, 0.29) is 25.1 Å². The van der Waals surface area contributed by atoms with Crippen LogP contribution in [0.25, 0.3) is 11.1 Å². The van der Waals surface area contributed by atoms with Crippen LogP contribution >= 0.6 is 0 Å². The Morgan fingerprint density at radius 2 is 1.78 bits per heavy atom. The topological polar surface area (TPSA) is 119 Å². The lowest BCUT2D eigenvalue weighted by atomic mass is 10.1. The number of alkyl halides is 4. The molecular formula is C23H25F4N5O4. The fourth-order valence-electron chi connectivity index (χ4n) is 3.64. The summed E-state index contributed by atoms with van der Waals surface area (Å²) in [5, 5.41) is 0. The van der Waals surface area contributed by atoms with Gasteiger partial charge in [0.25, 0.3) is 5.91 Å². The van der Waals surface area contributed by atoms with E-state index in [0.717, 1.165) is 17.3 Å². The summed E-state index contributed by atoms with van der Waals surface area (Å²) in [6.45, 7) is 4.17. The molecule has 2 aromatic rings. The summed E-state index contributed by atoms with van der Waals surface area (Å²) in [6.07, 6.45) is -5.40. The van der Waals surface area contributed by atoms with E-state index in [0.29, 0.717) is 16.0 Å². The zero-order valence-electron chi connectivity index (χ0n) is 19.8. The number of nitrogens with zero attached hydrogens (tertiary/aromatic N) is 4. The molecule has 0 unspecified atom stereocenters. The van der Waals surface area contributed by atoms with Gasteiger partial charge in [0.1, 0.15) is 17.8 Å². The Hall–Kier alpha value is -3.77. The summed E-state index contributed by atoms with van der Waals surface area (Å²) in [7, 11) is 0. The smallest absolute Gasteiger partial charge is 0.444 e. The van der Waals surface area contributed by atoms with E-state index >= 15 is 0 Å². The van der Waals surface area contributed by atoms with Crippen LogP contribution in [0.15, 0.2) is 36.7 Å². The van der Waals surface area contributed by atoms with Gasteiger partial charge in [-0.2, -0.15) is 13.2 Å². The molecule has 0 spiro atoms. The molecule has 1 aliphatic heterocycles. The number of primary amides is 1. The number of aromatic nitrogens is 2. The molecule has 2 heterocycles. The van der Waals surface area contributed by atoms with Crippen molar-refractivity contribution in [3.05, 3.63) is 48.0 Å². The minimum atomic E-state index is -4.69. The lowest BCUT2D eigenvalue weighted by molar-refractivity contribution is -0.145. The van der Waals surface area contributed by atoms with Gasteiger partial charge in [-0.05, 0) is 38.0 Å². The van der Waals surface area contributed by atoms with Crippen molar-refractivity contribution in [3.63, 3.8) is 0 Å². The molecule has 194 valence electrons. The Bertz CT molecular complexity index is 1130. The highest BCUT2D eigenvalue weighted by Crippen LogP contribution is 2.28. The van der Waals surface area contributed by atoms with Crippen LogP contribution in [0.1, 0.15) is 38.6 Å². The molecule has 4 amide bonds. The van der Waals surface area contributed by atoms with E-state index in [2.05, 4.69) is 9.97 Å². The van der Waals surface area contributed by atoms with Crippen LogP contribution in [0.5, 0.6) is 0 Å². The Morgan fingerprint density at radius 3 is 2.33 bits per heavy atom. The van der Waals surface area contributed by atoms with Crippen LogP contribution in [0.4, 0.5) is 27.2 Å². The second-order valence-electron chi connectivity index (χ2n) is 9.24. The molecule has 2 N–H and O–H groups in total. The Kier molecular flexibility index (Phi) is 7.51. The van der Waals surface area contributed by atoms with Gasteiger partial charge in [0.15, 0.2) is 0 Å². The highest BCUT2D eigenvalue weighted by Gasteiger charge is 2.44. The van der Waals surface area contributed by atoms with Crippen LogP contribution < -0.4 is 5.73 Å². The van der Waals surface area contributed by atoms with Crippen molar-refractivity contribution in [2.45, 2.75) is 57.7 Å². The maximum absolute atomic E-state index is 14.2. The number of carbonyl (C=O) groups excluding carboxylic acids is 3. The van der Waals surface area contributed by atoms with Gasteiger partial charge < -0.3 is 10.5 Å². The Balaban J connectivity index is 1.81. The van der Waals surface area contributed by atoms with Gasteiger partial charge in [-0.15, -0.1) is 0 Å². The first-order valence-electron chi connectivity index (χ1n) is 10.9. The van der Waals surface area contributed by atoms with Gasteiger partial charge in [0.05, 0.1) is 13.1 Å². The summed E-state index contributed by atoms with van der Waals surface area (Å²) in [5.74, 6) is -2.16. The average molecular weight is 511 g/mol. The number of carbonyl (C=O) groups is 3. The summed E-state index contributed by atoms with van der Waals surface area (Å²) in [6, 6.07) is 3.82. The minimum absolute atomic E-state index is 0.272. The molecule has 36 heavy (non-hydrogen) atoms. The number of hydrogen-bond donors (Lipinski definition) is 1. The van der Waals surface area contributed by atoms with E-state index in [9.17, 15) is 31.9 Å². The third-order valence-corrected chi connectivity index (χ3v) is 5.20. The summed E-state index contributed by atoms with van der Waals surface area (Å²) < 4.78 is 57.6. The van der Waals surface area contributed by atoms with Gasteiger partial charge in [-0.3, -0.25) is 14.6 Å². The third-order valence-electron chi connectivity index (χ3n) is 5.20. The van der Waals surface area contributed by atoms with Gasteiger partial charge in [-0.25, -0.2) is 23.9 Å². The first kappa shape index (κ1) is 26.8. The van der Waals surface area contributed by atoms with Crippen LogP contribution in [0, 0.1) is 0 Å². The molecule has 3 rings (SSSR count). The van der Waals surface area contributed by atoms with Crippen molar-refractivity contribution in [2.24, 2.45) is 5.73 Å². The standard InChI is InChI=1S/C23H25F4N5O4/c1-22(2,3)36-21(35)31-12-16(24)8-17(31)18(33)32(20(28)34)11-13-5-4-6-14(7-13)15-9-29-19(30-10-15)23(25,26)27/h4-7,9-10,16-17H,8,11-12H2,1-3H3,(H2,28,34)/t16-,17+/m1/s1. The maximum Gasteiger partial charge on any atom is 0.451 e. The fourth-order valence-corrected chi connectivity index (χ4v) is 3.64. The van der Waals surface area contributed by atoms with E-state index in [1.165, 1.54) is 6.07 Å². The lowest BCUT2D eigenvalue weighted by Crippen LogP contribution is -2.51. The number of imide groups is 1. The van der Waals surface area contributed by atoms with Crippen molar-refractivity contribution in [1.82, 2.24) is 19.8 Å². The normalized spacial score (nSPS) is 18.1. The first-order valence-corrected chi connectivity index (χ1v) is 10.9. The number of amides is 4. The Labute approximate surface area is 204 Å². The molecule has 2 atom stereocenters. The maximum atomic E-state index is 14.2. The Morgan fingerprint density at radius 1 is 1.14 bits per heavy atom. The second-order valence-corrected chi connectivity index (χ2v) is 9.24. The number of halogens is 4. The van der Waals surface area contributed by atoms with E-state index in [1.807, 2.05) is 0 Å². The number of benzene rings is 1. The van der Waals surface area contributed by atoms with Crippen molar-refractivity contribution in [3.8, 4) is 11.1 Å². The molecule has 1 saturated heterocycles. The quantitative estimate of drug-likeness (QED) is 0.622. The van der Waals surface area contributed by atoms with Gasteiger partial charge in [-0.1, -0.05) is 18.2 Å². The van der Waals surface area contributed by atoms with Gasteiger partial charge >= 0.3 is 18.3 Å². The van der Waals surface area contributed by atoms with Crippen molar-refractivity contribution in [2.75, 3.05) is 6.54 Å². The summed E-state index contributed by atoms with van der Waals surface area (Å²) in [5.41, 5.74) is 5.65. The lowest BCUT2D eigenvalue weighted by Gasteiger charge is -2.30. The molecule has 0 saturated carbocycles. The monoisotopic (exact) mass is 511 g/mol. The number of ether oxygens (including phenoxy) is 1. The molecule has 0 radical (unpaired) electrons. The predicted octanol–water partition coefficient (Wildman–Crippen LogP) is 3.92. The van der Waals surface area contributed by atoms with Gasteiger partial charge in [0, 0.05) is 24.4 Å². The van der Waals surface area contributed by atoms with Gasteiger partial charge in [0.2, 0.25) is 5.82 Å². The number of urea groups is 1. The molecule has 0 bridgehead atoms. The fraction of sp³-hybridized carbons (Fsp3) is 0.435. The predicted molar refractivity (Wildman–Crippen MR) is 119 cm³/mol. The van der Waals surface area contributed by atoms with E-state index < -0.39 is 47.8 Å². The van der Waals surface area contributed by atoms with E-state index in [4.69, 9.17) is 10.5 Å². The molecule has 1 aliphatic rings. The van der Waals surface area contributed by atoms with Crippen LogP contribution in [0.3, 0.4) is 0 Å². The number of rotatable bonds is 4. The van der Waals surface area contributed by atoms with Crippen LogP contribution in [-0.4, -0.2) is 62.2 Å². The van der Waals surface area contributed by atoms with Crippen LogP contribution in [-0.2, 0) is 22.3 Å². The summed E-state index contributed by atoms with van der Waals surface area (Å²) in [4.78, 5) is 46.1.